The highest BCUT2D eigenvalue weighted by Gasteiger charge is 2.17. The summed E-state index contributed by atoms with van der Waals surface area (Å²) < 4.78 is 0. The molecule has 0 aliphatic heterocycles. The molecule has 0 bridgehead atoms. The number of hydrogen-bond acceptors (Lipinski definition) is 1. The molecule has 0 fully saturated rings. The predicted octanol–water partition coefficient (Wildman–Crippen LogP) is 5.50. The van der Waals surface area contributed by atoms with Gasteiger partial charge in [0.2, 0.25) is 0 Å². The summed E-state index contributed by atoms with van der Waals surface area (Å²) in [6.45, 7) is 7.64. The molecule has 0 spiro atoms. The van der Waals surface area contributed by atoms with Gasteiger partial charge in [0.15, 0.2) is 0 Å². The largest absolute Gasteiger partial charge is 0.294 e. The molecular formula is C20H26BrN. The summed E-state index contributed by atoms with van der Waals surface area (Å²) in [6, 6.07) is 21.5. The van der Waals surface area contributed by atoms with Gasteiger partial charge in [-0.2, -0.15) is 0 Å². The highest BCUT2D eigenvalue weighted by Crippen LogP contribution is 2.20. The zero-order valence-corrected chi connectivity index (χ0v) is 15.2. The Labute approximate surface area is 143 Å². The number of hydrogen-bond donors (Lipinski definition) is 0. The second kappa shape index (κ2) is 9.12. The molecule has 2 heteroatoms. The number of benzene rings is 2. The standard InChI is InChI=1S/C20H26BrN/c1-3-17(2)20(21)16-22(14-18-10-6-4-7-11-18)15-19-12-8-5-9-13-19/h4-13,17,20H,3,14-16H2,1-2H3. The van der Waals surface area contributed by atoms with Gasteiger partial charge in [-0.3, -0.25) is 4.90 Å². The molecule has 2 aromatic rings. The Hall–Kier alpha value is -1.12. The molecule has 2 rings (SSSR count). The lowest BCUT2D eigenvalue weighted by molar-refractivity contribution is 0.244. The molecule has 0 heterocycles. The average Bonchev–Trinajstić information content (AvgIpc) is 2.55. The molecule has 0 radical (unpaired) electrons. The summed E-state index contributed by atoms with van der Waals surface area (Å²) in [5, 5.41) is 0. The van der Waals surface area contributed by atoms with Gasteiger partial charge in [-0.25, -0.2) is 0 Å². The number of nitrogens with zero attached hydrogens (tertiary/aromatic N) is 1. The van der Waals surface area contributed by atoms with Gasteiger partial charge in [-0.05, 0) is 17.0 Å². The van der Waals surface area contributed by atoms with Crippen molar-refractivity contribution in [2.24, 2.45) is 5.92 Å². The third-order valence-electron chi connectivity index (χ3n) is 4.19. The zero-order valence-electron chi connectivity index (χ0n) is 13.6. The van der Waals surface area contributed by atoms with Crippen molar-refractivity contribution in [1.29, 1.82) is 0 Å². The van der Waals surface area contributed by atoms with E-state index in [1.54, 1.807) is 0 Å². The maximum atomic E-state index is 3.89. The molecule has 2 aromatic carbocycles. The molecule has 0 aliphatic carbocycles. The van der Waals surface area contributed by atoms with Gasteiger partial charge in [0.25, 0.3) is 0 Å². The van der Waals surface area contributed by atoms with Crippen molar-refractivity contribution in [3.05, 3.63) is 71.8 Å². The lowest BCUT2D eigenvalue weighted by Crippen LogP contribution is -2.32. The van der Waals surface area contributed by atoms with Crippen molar-refractivity contribution in [3.8, 4) is 0 Å². The Morgan fingerprint density at radius 2 is 1.32 bits per heavy atom. The van der Waals surface area contributed by atoms with Crippen molar-refractivity contribution >= 4 is 15.9 Å². The highest BCUT2D eigenvalue weighted by atomic mass is 79.9. The van der Waals surface area contributed by atoms with Crippen molar-refractivity contribution in [1.82, 2.24) is 4.90 Å². The smallest absolute Gasteiger partial charge is 0.0298 e. The zero-order chi connectivity index (χ0) is 15.8. The normalized spacial score (nSPS) is 14.0. The van der Waals surface area contributed by atoms with Crippen LogP contribution in [0.3, 0.4) is 0 Å². The van der Waals surface area contributed by atoms with E-state index in [0.29, 0.717) is 10.7 Å². The van der Waals surface area contributed by atoms with Crippen LogP contribution in [0.5, 0.6) is 0 Å². The number of halogens is 1. The predicted molar refractivity (Wildman–Crippen MR) is 99.2 cm³/mol. The maximum Gasteiger partial charge on any atom is 0.0298 e. The third-order valence-corrected chi connectivity index (χ3v) is 5.38. The van der Waals surface area contributed by atoms with Crippen molar-refractivity contribution in [3.63, 3.8) is 0 Å². The Balaban J connectivity index is 2.06. The second-order valence-corrected chi connectivity index (χ2v) is 7.22. The van der Waals surface area contributed by atoms with Crippen molar-refractivity contribution < 1.29 is 0 Å². The van der Waals surface area contributed by atoms with Crippen LogP contribution in [0.15, 0.2) is 60.7 Å². The molecule has 0 amide bonds. The molecule has 2 unspecified atom stereocenters. The fraction of sp³-hybridized carbons (Fsp3) is 0.400. The first-order valence-electron chi connectivity index (χ1n) is 8.13. The van der Waals surface area contributed by atoms with Crippen LogP contribution in [-0.4, -0.2) is 16.3 Å². The van der Waals surface area contributed by atoms with E-state index in [1.165, 1.54) is 17.5 Å². The van der Waals surface area contributed by atoms with E-state index in [2.05, 4.69) is 95.3 Å². The topological polar surface area (TPSA) is 3.24 Å². The Morgan fingerprint density at radius 3 is 1.73 bits per heavy atom. The summed E-state index contributed by atoms with van der Waals surface area (Å²) in [5.41, 5.74) is 2.75. The van der Waals surface area contributed by atoms with Gasteiger partial charge in [-0.1, -0.05) is 96.9 Å². The van der Waals surface area contributed by atoms with Crippen LogP contribution in [-0.2, 0) is 13.1 Å². The first kappa shape index (κ1) is 17.2. The summed E-state index contributed by atoms with van der Waals surface area (Å²) >= 11 is 3.89. The van der Waals surface area contributed by atoms with Gasteiger partial charge < -0.3 is 0 Å². The van der Waals surface area contributed by atoms with Gasteiger partial charge in [0.05, 0.1) is 0 Å². The first-order valence-corrected chi connectivity index (χ1v) is 9.05. The Kier molecular flexibility index (Phi) is 7.14. The minimum atomic E-state index is 0.532. The van der Waals surface area contributed by atoms with E-state index < -0.39 is 0 Å². The molecule has 0 N–H and O–H groups in total. The van der Waals surface area contributed by atoms with Crippen LogP contribution in [0.1, 0.15) is 31.4 Å². The summed E-state index contributed by atoms with van der Waals surface area (Å²) in [7, 11) is 0. The molecule has 1 nitrogen and oxygen atoms in total. The van der Waals surface area contributed by atoms with Gasteiger partial charge in [-0.15, -0.1) is 0 Å². The molecule has 0 aliphatic rings. The van der Waals surface area contributed by atoms with Crippen LogP contribution < -0.4 is 0 Å². The lowest BCUT2D eigenvalue weighted by atomic mass is 10.0. The van der Waals surface area contributed by atoms with Crippen molar-refractivity contribution in [2.45, 2.75) is 38.2 Å². The maximum absolute atomic E-state index is 3.89. The molecule has 118 valence electrons. The van der Waals surface area contributed by atoms with Gasteiger partial charge in [0, 0.05) is 24.5 Å². The van der Waals surface area contributed by atoms with Crippen LogP contribution in [0.25, 0.3) is 0 Å². The van der Waals surface area contributed by atoms with Crippen LogP contribution in [0.2, 0.25) is 0 Å². The van der Waals surface area contributed by atoms with E-state index in [-0.39, 0.29) is 0 Å². The molecule has 0 saturated heterocycles. The minimum Gasteiger partial charge on any atom is -0.294 e. The molecule has 2 atom stereocenters. The van der Waals surface area contributed by atoms with Gasteiger partial charge in [0.1, 0.15) is 0 Å². The van der Waals surface area contributed by atoms with Crippen LogP contribution in [0, 0.1) is 5.92 Å². The highest BCUT2D eigenvalue weighted by molar-refractivity contribution is 9.09. The number of alkyl halides is 1. The quantitative estimate of drug-likeness (QED) is 0.562. The lowest BCUT2D eigenvalue weighted by Gasteiger charge is -2.27. The Bertz CT molecular complexity index is 484. The van der Waals surface area contributed by atoms with E-state index >= 15 is 0 Å². The minimum absolute atomic E-state index is 0.532. The average molecular weight is 360 g/mol. The number of rotatable bonds is 8. The van der Waals surface area contributed by atoms with E-state index in [9.17, 15) is 0 Å². The fourth-order valence-corrected chi connectivity index (χ4v) is 3.33. The second-order valence-electron chi connectivity index (χ2n) is 6.04. The molecule has 22 heavy (non-hydrogen) atoms. The van der Waals surface area contributed by atoms with Crippen molar-refractivity contribution in [2.75, 3.05) is 6.54 Å². The molecule has 0 aromatic heterocycles. The molecular weight excluding hydrogens is 334 g/mol. The monoisotopic (exact) mass is 359 g/mol. The molecule has 0 saturated carbocycles. The van der Waals surface area contributed by atoms with Crippen LogP contribution >= 0.6 is 15.9 Å². The third kappa shape index (κ3) is 5.58. The van der Waals surface area contributed by atoms with E-state index in [1.807, 2.05) is 0 Å². The fourth-order valence-electron chi connectivity index (χ4n) is 2.55. The van der Waals surface area contributed by atoms with Crippen LogP contribution in [0.4, 0.5) is 0 Å². The first-order chi connectivity index (χ1) is 10.7. The van der Waals surface area contributed by atoms with E-state index in [0.717, 1.165) is 19.6 Å². The SMILES string of the molecule is CCC(C)C(Br)CN(Cc1ccccc1)Cc1ccccc1. The van der Waals surface area contributed by atoms with Gasteiger partial charge >= 0.3 is 0 Å². The summed E-state index contributed by atoms with van der Waals surface area (Å²) in [4.78, 5) is 3.07. The summed E-state index contributed by atoms with van der Waals surface area (Å²) in [6.07, 6.45) is 1.21. The Morgan fingerprint density at radius 1 is 0.864 bits per heavy atom. The summed E-state index contributed by atoms with van der Waals surface area (Å²) in [5.74, 6) is 0.689. The van der Waals surface area contributed by atoms with E-state index in [4.69, 9.17) is 0 Å².